The Labute approximate surface area is 172 Å². The fourth-order valence-corrected chi connectivity index (χ4v) is 5.33. The van der Waals surface area contributed by atoms with E-state index in [0.717, 1.165) is 31.4 Å². The summed E-state index contributed by atoms with van der Waals surface area (Å²) in [6, 6.07) is 11.3. The molecule has 1 fully saturated rings. The van der Waals surface area contributed by atoms with Crippen LogP contribution < -0.4 is 11.1 Å². The van der Waals surface area contributed by atoms with Gasteiger partial charge in [0.1, 0.15) is 5.82 Å². The van der Waals surface area contributed by atoms with Gasteiger partial charge in [-0.15, -0.1) is 0 Å². The van der Waals surface area contributed by atoms with E-state index in [1.54, 1.807) is 48.2 Å². The molecule has 1 aliphatic carbocycles. The van der Waals surface area contributed by atoms with Crippen molar-refractivity contribution < 1.29 is 9.18 Å². The molecule has 0 bridgehead atoms. The van der Waals surface area contributed by atoms with Gasteiger partial charge in [-0.3, -0.25) is 9.79 Å². The highest BCUT2D eigenvalue weighted by molar-refractivity contribution is 8.13. The molecule has 1 aliphatic heterocycles. The Morgan fingerprint density at radius 2 is 2.04 bits per heavy atom. The summed E-state index contributed by atoms with van der Waals surface area (Å²) in [5.74, 6) is 0.514. The third-order valence-corrected chi connectivity index (χ3v) is 6.78. The lowest BCUT2D eigenvalue weighted by atomic mass is 9.69. The Hall–Kier alpha value is -2.05. The number of thioether (sulfide) groups is 1. The van der Waals surface area contributed by atoms with Gasteiger partial charge in [0.2, 0.25) is 0 Å². The number of anilines is 1. The molecule has 2 atom stereocenters. The largest absolute Gasteiger partial charge is 0.379 e. The van der Waals surface area contributed by atoms with E-state index in [-0.39, 0.29) is 17.6 Å². The first-order valence-corrected chi connectivity index (χ1v) is 10.7. The van der Waals surface area contributed by atoms with Crippen LogP contribution in [0.4, 0.5) is 10.1 Å². The zero-order valence-corrected chi connectivity index (χ0v) is 16.8. The Balaban J connectivity index is 1.68. The minimum Gasteiger partial charge on any atom is -0.379 e. The smallest absolute Gasteiger partial charge is 0.255 e. The van der Waals surface area contributed by atoms with E-state index >= 15 is 0 Å². The van der Waals surface area contributed by atoms with Crippen LogP contribution in [-0.4, -0.2) is 16.8 Å². The van der Waals surface area contributed by atoms with Crippen molar-refractivity contribution >= 4 is 40.1 Å². The molecule has 4 nitrogen and oxygen atoms in total. The molecule has 2 aromatic carbocycles. The number of nitrogens with one attached hydrogen (secondary N) is 1. The van der Waals surface area contributed by atoms with Gasteiger partial charge in [0.25, 0.3) is 5.91 Å². The number of amidine groups is 1. The number of nitrogens with zero attached hydrogens (tertiary/aromatic N) is 1. The van der Waals surface area contributed by atoms with Crippen LogP contribution in [0.3, 0.4) is 0 Å². The van der Waals surface area contributed by atoms with E-state index in [4.69, 9.17) is 22.3 Å². The number of fused-ring (bicyclic) bond motifs is 1. The number of hydrogen-bond donors (Lipinski definition) is 2. The number of amides is 1. The van der Waals surface area contributed by atoms with Crippen LogP contribution in [0.1, 0.15) is 41.6 Å². The van der Waals surface area contributed by atoms with Crippen molar-refractivity contribution in [2.24, 2.45) is 16.6 Å². The van der Waals surface area contributed by atoms with E-state index in [1.807, 2.05) is 0 Å². The van der Waals surface area contributed by atoms with Gasteiger partial charge in [-0.2, -0.15) is 0 Å². The molecule has 0 aromatic heterocycles. The molecule has 28 heavy (non-hydrogen) atoms. The monoisotopic (exact) mass is 417 g/mol. The number of carbonyl (C=O) groups excluding carboxylic acids is 1. The minimum absolute atomic E-state index is 0.246. The summed E-state index contributed by atoms with van der Waals surface area (Å²) in [7, 11) is 0. The summed E-state index contributed by atoms with van der Waals surface area (Å²) in [5.41, 5.74) is 6.94. The average Bonchev–Trinajstić information content (AvgIpc) is 2.69. The molecule has 4 rings (SSSR count). The van der Waals surface area contributed by atoms with Crippen LogP contribution in [-0.2, 0) is 5.54 Å². The first kappa shape index (κ1) is 19.3. The maximum Gasteiger partial charge on any atom is 0.255 e. The standard InChI is InChI=1S/C21H21ClFN3OS/c22-15-6-4-13(5-7-15)19(27)25-16-8-9-18(23)17(11-16)21-10-2-1-3-14(21)12-28-20(24)26-21/h4-9,11,14H,1-3,10,12H2,(H2,24,26)(H,25,27)/t14-,21-/m0/s1. The van der Waals surface area contributed by atoms with Crippen molar-refractivity contribution in [2.45, 2.75) is 31.2 Å². The van der Waals surface area contributed by atoms with E-state index in [1.165, 1.54) is 6.07 Å². The Morgan fingerprint density at radius 1 is 1.25 bits per heavy atom. The van der Waals surface area contributed by atoms with Gasteiger partial charge in [-0.1, -0.05) is 36.2 Å². The maximum absolute atomic E-state index is 14.9. The SMILES string of the molecule is NC1=N[C@@]2(c3cc(NC(=O)c4ccc(Cl)cc4)ccc3F)CCCC[C@H]2CS1. The number of aliphatic imine (C=N–C) groups is 1. The first-order valence-electron chi connectivity index (χ1n) is 9.33. The fraction of sp³-hybridized carbons (Fsp3) is 0.333. The fourth-order valence-electron chi connectivity index (χ4n) is 4.17. The molecule has 0 radical (unpaired) electrons. The van der Waals surface area contributed by atoms with Crippen molar-refractivity contribution in [3.63, 3.8) is 0 Å². The number of nitrogens with two attached hydrogens (primary N) is 1. The number of hydrogen-bond acceptors (Lipinski definition) is 4. The minimum atomic E-state index is -0.640. The third kappa shape index (κ3) is 3.63. The molecule has 1 saturated carbocycles. The van der Waals surface area contributed by atoms with E-state index in [9.17, 15) is 9.18 Å². The molecular weight excluding hydrogens is 397 g/mol. The predicted octanol–water partition coefficient (Wildman–Crippen LogP) is 5.18. The molecule has 7 heteroatoms. The van der Waals surface area contributed by atoms with Crippen molar-refractivity contribution in [2.75, 3.05) is 11.1 Å². The quantitative estimate of drug-likeness (QED) is 0.723. The summed E-state index contributed by atoms with van der Waals surface area (Å²) < 4.78 is 14.9. The van der Waals surface area contributed by atoms with Crippen molar-refractivity contribution in [1.82, 2.24) is 0 Å². The normalized spacial score (nSPS) is 24.2. The molecule has 0 unspecified atom stereocenters. The summed E-state index contributed by atoms with van der Waals surface area (Å²) in [6.07, 6.45) is 3.88. The van der Waals surface area contributed by atoms with E-state index < -0.39 is 5.54 Å². The molecular formula is C21H21ClFN3OS. The molecule has 0 spiro atoms. The molecule has 1 amide bonds. The lowest BCUT2D eigenvalue weighted by Gasteiger charge is -2.44. The zero-order valence-electron chi connectivity index (χ0n) is 15.3. The highest BCUT2D eigenvalue weighted by Gasteiger charge is 2.46. The van der Waals surface area contributed by atoms with Crippen LogP contribution in [0.5, 0.6) is 0 Å². The van der Waals surface area contributed by atoms with Gasteiger partial charge < -0.3 is 11.1 Å². The second kappa shape index (κ2) is 7.76. The maximum atomic E-state index is 14.9. The van der Waals surface area contributed by atoms with Crippen LogP contribution in [0.2, 0.25) is 5.02 Å². The van der Waals surface area contributed by atoms with Crippen LogP contribution in [0.25, 0.3) is 0 Å². The Morgan fingerprint density at radius 3 is 2.82 bits per heavy atom. The molecule has 3 N–H and O–H groups in total. The lowest BCUT2D eigenvalue weighted by molar-refractivity contribution is 0.102. The second-order valence-corrected chi connectivity index (χ2v) is 8.76. The van der Waals surface area contributed by atoms with E-state index in [0.29, 0.717) is 27.0 Å². The van der Waals surface area contributed by atoms with Gasteiger partial charge in [-0.25, -0.2) is 4.39 Å². The number of halogens is 2. The van der Waals surface area contributed by atoms with E-state index in [2.05, 4.69) is 5.32 Å². The number of rotatable bonds is 3. The van der Waals surface area contributed by atoms with Crippen molar-refractivity contribution in [1.29, 1.82) is 0 Å². The van der Waals surface area contributed by atoms with Gasteiger partial charge >= 0.3 is 0 Å². The van der Waals surface area contributed by atoms with Gasteiger partial charge in [0.05, 0.1) is 5.54 Å². The molecule has 2 aromatic rings. The predicted molar refractivity (Wildman–Crippen MR) is 114 cm³/mol. The first-order chi connectivity index (χ1) is 13.5. The highest BCUT2D eigenvalue weighted by Crippen LogP contribution is 2.50. The van der Waals surface area contributed by atoms with Gasteiger partial charge in [0.15, 0.2) is 5.17 Å². The van der Waals surface area contributed by atoms with Crippen LogP contribution >= 0.6 is 23.4 Å². The van der Waals surface area contributed by atoms with Crippen molar-refractivity contribution in [3.05, 3.63) is 64.4 Å². The Kier molecular flexibility index (Phi) is 5.34. The molecule has 146 valence electrons. The van der Waals surface area contributed by atoms with Gasteiger partial charge in [-0.05, 0) is 61.2 Å². The summed E-state index contributed by atoms with van der Waals surface area (Å²) in [5, 5.41) is 3.93. The average molecular weight is 418 g/mol. The van der Waals surface area contributed by atoms with Crippen molar-refractivity contribution in [3.8, 4) is 0 Å². The summed E-state index contributed by atoms with van der Waals surface area (Å²) >= 11 is 7.42. The summed E-state index contributed by atoms with van der Waals surface area (Å²) in [6.45, 7) is 0. The topological polar surface area (TPSA) is 67.5 Å². The van der Waals surface area contributed by atoms with Crippen LogP contribution in [0, 0.1) is 11.7 Å². The van der Waals surface area contributed by atoms with Gasteiger partial charge in [0, 0.05) is 27.6 Å². The summed E-state index contributed by atoms with van der Waals surface area (Å²) in [4.78, 5) is 17.3. The molecule has 2 aliphatic rings. The third-order valence-electron chi connectivity index (χ3n) is 5.58. The lowest BCUT2D eigenvalue weighted by Crippen LogP contribution is -2.43. The van der Waals surface area contributed by atoms with Crippen LogP contribution in [0.15, 0.2) is 47.5 Å². The zero-order chi connectivity index (χ0) is 19.7. The Bertz CT molecular complexity index is 934. The number of benzene rings is 2. The number of carbonyl (C=O) groups is 1. The molecule has 0 saturated heterocycles. The second-order valence-electron chi connectivity index (χ2n) is 7.28. The molecule has 1 heterocycles. The highest BCUT2D eigenvalue weighted by atomic mass is 35.5.